The van der Waals surface area contributed by atoms with Crippen LogP contribution in [-0.4, -0.2) is 28.0 Å². The van der Waals surface area contributed by atoms with E-state index in [-0.39, 0.29) is 25.2 Å². The Labute approximate surface area is 92.4 Å². The Hall–Kier alpha value is -1.85. The van der Waals surface area contributed by atoms with Gasteiger partial charge < -0.3 is 9.94 Å². The van der Waals surface area contributed by atoms with Crippen molar-refractivity contribution in [3.63, 3.8) is 0 Å². The van der Waals surface area contributed by atoms with Gasteiger partial charge >= 0.3 is 11.9 Å². The van der Waals surface area contributed by atoms with Crippen LogP contribution in [0.2, 0.25) is 0 Å². The van der Waals surface area contributed by atoms with E-state index in [4.69, 9.17) is 9.94 Å². The zero-order chi connectivity index (χ0) is 12.1. The Balaban J connectivity index is 2.31. The number of carboxylic acids is 1. The van der Waals surface area contributed by atoms with Crippen LogP contribution in [0.1, 0.15) is 32.1 Å². The molecule has 0 atom stereocenters. The summed E-state index contributed by atoms with van der Waals surface area (Å²) >= 11 is 0. The number of aliphatic carboxylic acids is 1. The minimum atomic E-state index is -0.963. The van der Waals surface area contributed by atoms with Crippen LogP contribution in [0, 0.1) is 0 Å². The summed E-state index contributed by atoms with van der Waals surface area (Å²) in [7, 11) is 0. The van der Waals surface area contributed by atoms with Gasteiger partial charge in [-0.05, 0) is 12.8 Å². The molecule has 88 valence electrons. The third kappa shape index (κ3) is 3.38. The summed E-state index contributed by atoms with van der Waals surface area (Å²) in [5.41, 5.74) is 0.455. The molecule has 6 heteroatoms. The number of hydroxylamine groups is 2. The number of amides is 1. The van der Waals surface area contributed by atoms with Crippen molar-refractivity contribution in [2.45, 2.75) is 32.1 Å². The highest BCUT2D eigenvalue weighted by atomic mass is 16.7. The molecule has 1 heterocycles. The Morgan fingerprint density at radius 1 is 1.38 bits per heavy atom. The second-order valence-electron chi connectivity index (χ2n) is 3.46. The van der Waals surface area contributed by atoms with Gasteiger partial charge in [-0.15, -0.1) is 5.06 Å². The number of allylic oxidation sites excluding steroid dienone is 1. The van der Waals surface area contributed by atoms with Crippen LogP contribution >= 0.6 is 0 Å². The molecule has 1 fully saturated rings. The number of nitrogens with zero attached hydrogens (tertiary/aromatic N) is 1. The smallest absolute Gasteiger partial charge is 0.333 e. The highest BCUT2D eigenvalue weighted by Gasteiger charge is 2.27. The largest absolute Gasteiger partial charge is 0.481 e. The van der Waals surface area contributed by atoms with E-state index in [0.29, 0.717) is 18.5 Å². The summed E-state index contributed by atoms with van der Waals surface area (Å²) in [6.45, 7) is 3.58. The molecule has 0 radical (unpaired) electrons. The first-order valence-corrected chi connectivity index (χ1v) is 4.94. The first-order valence-electron chi connectivity index (χ1n) is 4.94. The van der Waals surface area contributed by atoms with E-state index in [1.807, 2.05) is 0 Å². The summed E-state index contributed by atoms with van der Waals surface area (Å²) in [5, 5.41) is 9.26. The Morgan fingerprint density at radius 3 is 2.56 bits per heavy atom. The highest BCUT2D eigenvalue weighted by molar-refractivity contribution is 5.82. The zero-order valence-corrected chi connectivity index (χ0v) is 8.77. The second kappa shape index (κ2) is 5.29. The topological polar surface area (TPSA) is 83.9 Å². The van der Waals surface area contributed by atoms with Crippen LogP contribution in [0.5, 0.6) is 0 Å². The maximum Gasteiger partial charge on any atom is 0.333 e. The molecule has 1 N–H and O–H groups in total. The molecule has 0 unspecified atom stereocenters. The van der Waals surface area contributed by atoms with E-state index in [2.05, 4.69) is 6.58 Å². The molecule has 16 heavy (non-hydrogen) atoms. The maximum atomic E-state index is 11.2. The van der Waals surface area contributed by atoms with Crippen molar-refractivity contribution in [2.24, 2.45) is 0 Å². The summed E-state index contributed by atoms with van der Waals surface area (Å²) in [6.07, 6.45) is 0.860. The summed E-state index contributed by atoms with van der Waals surface area (Å²) < 4.78 is 0. The standard InChI is InChI=1S/C10H13NO5/c1-7-5-6-8(12)11(7)16-10(15)4-2-3-9(13)14/h1-6H2,(H,13,14). The van der Waals surface area contributed by atoms with E-state index in [0.717, 1.165) is 5.06 Å². The van der Waals surface area contributed by atoms with Gasteiger partial charge in [0.1, 0.15) is 0 Å². The number of rotatable bonds is 5. The van der Waals surface area contributed by atoms with Crippen molar-refractivity contribution in [2.75, 3.05) is 0 Å². The normalized spacial score (nSPS) is 15.4. The molecule has 1 amide bonds. The lowest BCUT2D eigenvalue weighted by Crippen LogP contribution is -2.26. The molecule has 1 rings (SSSR count). The molecule has 0 aromatic rings. The average molecular weight is 227 g/mol. The van der Waals surface area contributed by atoms with Crippen molar-refractivity contribution in [3.05, 3.63) is 12.3 Å². The molecular weight excluding hydrogens is 214 g/mol. The van der Waals surface area contributed by atoms with Gasteiger partial charge in [0.15, 0.2) is 0 Å². The third-order valence-electron chi connectivity index (χ3n) is 2.11. The van der Waals surface area contributed by atoms with Crippen LogP contribution < -0.4 is 0 Å². The summed E-state index contributed by atoms with van der Waals surface area (Å²) in [5.74, 6) is -1.87. The molecule has 0 aromatic heterocycles. The predicted molar refractivity (Wildman–Crippen MR) is 52.8 cm³/mol. The molecule has 0 spiro atoms. The van der Waals surface area contributed by atoms with E-state index >= 15 is 0 Å². The highest BCUT2D eigenvalue weighted by Crippen LogP contribution is 2.21. The number of carboxylic acid groups (broad SMARTS) is 1. The summed E-state index contributed by atoms with van der Waals surface area (Å²) in [6, 6.07) is 0. The molecule has 0 saturated carbocycles. The average Bonchev–Trinajstić information content (AvgIpc) is 2.49. The van der Waals surface area contributed by atoms with Gasteiger partial charge in [0.05, 0.1) is 5.70 Å². The monoisotopic (exact) mass is 227 g/mol. The van der Waals surface area contributed by atoms with Crippen molar-refractivity contribution >= 4 is 17.8 Å². The molecule has 0 aromatic carbocycles. The number of carbonyl (C=O) groups excluding carboxylic acids is 2. The molecule has 1 aliphatic heterocycles. The van der Waals surface area contributed by atoms with E-state index < -0.39 is 11.9 Å². The number of hydrogen-bond acceptors (Lipinski definition) is 4. The van der Waals surface area contributed by atoms with E-state index in [1.54, 1.807) is 0 Å². The van der Waals surface area contributed by atoms with Crippen molar-refractivity contribution < 1.29 is 24.3 Å². The number of hydrogen-bond donors (Lipinski definition) is 1. The van der Waals surface area contributed by atoms with Gasteiger partial charge in [-0.2, -0.15) is 0 Å². The fraction of sp³-hybridized carbons (Fsp3) is 0.500. The Kier molecular flexibility index (Phi) is 4.04. The Morgan fingerprint density at radius 2 is 2.06 bits per heavy atom. The molecule has 0 aliphatic carbocycles. The van der Waals surface area contributed by atoms with E-state index in [1.165, 1.54) is 0 Å². The molecule has 1 aliphatic rings. The van der Waals surface area contributed by atoms with Crippen molar-refractivity contribution in [1.29, 1.82) is 0 Å². The SMILES string of the molecule is C=C1CCC(=O)N1OC(=O)CCCC(=O)O. The maximum absolute atomic E-state index is 11.2. The zero-order valence-electron chi connectivity index (χ0n) is 8.77. The van der Waals surface area contributed by atoms with Crippen LogP contribution in [-0.2, 0) is 19.2 Å². The predicted octanol–water partition coefficient (Wildman–Crippen LogP) is 0.836. The third-order valence-corrected chi connectivity index (χ3v) is 2.11. The van der Waals surface area contributed by atoms with Gasteiger partial charge in [-0.1, -0.05) is 6.58 Å². The van der Waals surface area contributed by atoms with Crippen LogP contribution in [0.4, 0.5) is 0 Å². The minimum absolute atomic E-state index is 0.0244. The van der Waals surface area contributed by atoms with Crippen LogP contribution in [0.15, 0.2) is 12.3 Å². The lowest BCUT2D eigenvalue weighted by atomic mass is 10.2. The van der Waals surface area contributed by atoms with Gasteiger partial charge in [0.2, 0.25) is 0 Å². The molecule has 0 bridgehead atoms. The van der Waals surface area contributed by atoms with Gasteiger partial charge in [-0.25, -0.2) is 4.79 Å². The lowest BCUT2D eigenvalue weighted by molar-refractivity contribution is -0.186. The fourth-order valence-corrected chi connectivity index (χ4v) is 1.28. The lowest BCUT2D eigenvalue weighted by Gasteiger charge is -2.15. The fourth-order valence-electron chi connectivity index (χ4n) is 1.28. The van der Waals surface area contributed by atoms with Gasteiger partial charge in [0, 0.05) is 19.3 Å². The minimum Gasteiger partial charge on any atom is -0.481 e. The number of carbonyl (C=O) groups is 3. The second-order valence-corrected chi connectivity index (χ2v) is 3.46. The van der Waals surface area contributed by atoms with Gasteiger partial charge in [-0.3, -0.25) is 9.59 Å². The van der Waals surface area contributed by atoms with Gasteiger partial charge in [0.25, 0.3) is 5.91 Å². The van der Waals surface area contributed by atoms with Crippen LogP contribution in [0.3, 0.4) is 0 Å². The quantitative estimate of drug-likeness (QED) is 0.752. The van der Waals surface area contributed by atoms with Crippen LogP contribution in [0.25, 0.3) is 0 Å². The molecule has 6 nitrogen and oxygen atoms in total. The summed E-state index contributed by atoms with van der Waals surface area (Å²) in [4.78, 5) is 37.4. The molecular formula is C10H13NO5. The first kappa shape index (κ1) is 12.2. The van der Waals surface area contributed by atoms with Crippen molar-refractivity contribution in [3.8, 4) is 0 Å². The van der Waals surface area contributed by atoms with Crippen molar-refractivity contribution in [1.82, 2.24) is 5.06 Å². The van der Waals surface area contributed by atoms with E-state index in [9.17, 15) is 14.4 Å². The first-order chi connectivity index (χ1) is 7.50. The molecule has 1 saturated heterocycles. The Bertz CT molecular complexity index is 320.